The van der Waals surface area contributed by atoms with Gasteiger partial charge in [-0.1, -0.05) is 40.2 Å². The lowest BCUT2D eigenvalue weighted by molar-refractivity contribution is -0.188. The predicted molar refractivity (Wildman–Crippen MR) is 144 cm³/mol. The summed E-state index contributed by atoms with van der Waals surface area (Å²) in [6, 6.07) is 5.14. The number of nitrogens with zero attached hydrogens (tertiary/aromatic N) is 3. The molecule has 1 aromatic carbocycles. The van der Waals surface area contributed by atoms with Crippen molar-refractivity contribution in [2.75, 3.05) is 46.1 Å². The first-order valence-corrected chi connectivity index (χ1v) is 14.2. The Balaban J connectivity index is 1.58. The fourth-order valence-corrected chi connectivity index (χ4v) is 5.90. The molecule has 3 atom stereocenters. The number of unbranched alkanes of at least 4 members (excludes halogenated alkanes) is 1. The van der Waals surface area contributed by atoms with Gasteiger partial charge in [-0.05, 0) is 43.4 Å². The molecule has 0 bridgehead atoms. The molecule has 0 unspecified atom stereocenters. The summed E-state index contributed by atoms with van der Waals surface area (Å²) in [7, 11) is 0. The number of fused-ring (bicyclic) bond motifs is 1. The van der Waals surface area contributed by atoms with Crippen molar-refractivity contribution in [1.29, 1.82) is 0 Å². The molecule has 0 spiro atoms. The quantitative estimate of drug-likeness (QED) is 0.375. The SMILES string of the molecule is CCCCN(OCCC)C(=O)CN1C[C@H](c2ccc3c(c2)OCO3)[C@@H](C(=O)O)[C@@H]1CCN1CCC(C)(C)C1=O. The average molecular weight is 546 g/mol. The monoisotopic (exact) mass is 545 g/mol. The van der Waals surface area contributed by atoms with Crippen LogP contribution in [0.1, 0.15) is 71.3 Å². The molecule has 0 saturated carbocycles. The van der Waals surface area contributed by atoms with Crippen LogP contribution in [0.4, 0.5) is 0 Å². The molecule has 0 aliphatic carbocycles. The number of carbonyl (C=O) groups is 3. The Morgan fingerprint density at radius 1 is 1.18 bits per heavy atom. The van der Waals surface area contributed by atoms with E-state index in [0.717, 1.165) is 31.2 Å². The molecule has 39 heavy (non-hydrogen) atoms. The second-order valence-corrected chi connectivity index (χ2v) is 11.5. The van der Waals surface area contributed by atoms with Gasteiger partial charge in [0.2, 0.25) is 12.7 Å². The summed E-state index contributed by atoms with van der Waals surface area (Å²) in [5.41, 5.74) is 0.443. The van der Waals surface area contributed by atoms with E-state index in [4.69, 9.17) is 14.3 Å². The number of rotatable bonds is 13. The summed E-state index contributed by atoms with van der Waals surface area (Å²) in [4.78, 5) is 48.7. The summed E-state index contributed by atoms with van der Waals surface area (Å²) in [5, 5.41) is 11.9. The van der Waals surface area contributed by atoms with Crippen molar-refractivity contribution in [2.45, 2.75) is 71.8 Å². The zero-order valence-electron chi connectivity index (χ0n) is 23.7. The minimum absolute atomic E-state index is 0.0579. The Morgan fingerprint density at radius 2 is 1.95 bits per heavy atom. The molecule has 3 heterocycles. The number of likely N-dealkylation sites (tertiary alicyclic amines) is 2. The first-order chi connectivity index (χ1) is 18.7. The third-order valence-corrected chi connectivity index (χ3v) is 8.21. The molecule has 3 aliphatic heterocycles. The minimum Gasteiger partial charge on any atom is -0.481 e. The maximum Gasteiger partial charge on any atom is 0.308 e. The van der Waals surface area contributed by atoms with Crippen LogP contribution in [0, 0.1) is 11.3 Å². The Morgan fingerprint density at radius 3 is 2.62 bits per heavy atom. The van der Waals surface area contributed by atoms with Gasteiger partial charge in [0.05, 0.1) is 19.1 Å². The Labute approximate surface area is 231 Å². The Kier molecular flexibility index (Phi) is 9.38. The van der Waals surface area contributed by atoms with Crippen molar-refractivity contribution in [3.05, 3.63) is 23.8 Å². The standard InChI is InChI=1S/C29H43N3O7/c1-5-7-12-32(39-15-6-2)25(33)18-31-17-21(20-8-9-23-24(16-20)38-19-37-23)26(27(34)35)22(31)10-13-30-14-11-29(3,4)28(30)36/h8-9,16,21-22,26H,5-7,10-15,17-19H2,1-4H3,(H,34,35)/t21-,22+,26-/m1/s1. The van der Waals surface area contributed by atoms with Crippen molar-refractivity contribution < 1.29 is 33.8 Å². The highest BCUT2D eigenvalue weighted by molar-refractivity contribution is 5.84. The van der Waals surface area contributed by atoms with Gasteiger partial charge in [0.25, 0.3) is 5.91 Å². The number of aliphatic carboxylic acids is 1. The van der Waals surface area contributed by atoms with E-state index in [9.17, 15) is 19.5 Å². The maximum atomic E-state index is 13.4. The fourth-order valence-electron chi connectivity index (χ4n) is 5.90. The second kappa shape index (κ2) is 12.6. The van der Waals surface area contributed by atoms with E-state index in [0.29, 0.717) is 50.7 Å². The summed E-state index contributed by atoms with van der Waals surface area (Å²) in [6.07, 6.45) is 3.79. The summed E-state index contributed by atoms with van der Waals surface area (Å²) in [5.74, 6) is -0.827. The van der Waals surface area contributed by atoms with Gasteiger partial charge in [0.15, 0.2) is 11.5 Å². The van der Waals surface area contributed by atoms with Crippen LogP contribution in [0.25, 0.3) is 0 Å². The van der Waals surface area contributed by atoms with Crippen molar-refractivity contribution in [1.82, 2.24) is 14.9 Å². The molecule has 10 nitrogen and oxygen atoms in total. The normalized spacial score (nSPS) is 23.9. The molecule has 0 radical (unpaired) electrons. The van der Waals surface area contributed by atoms with Crippen LogP contribution in [0.5, 0.6) is 11.5 Å². The lowest BCUT2D eigenvalue weighted by atomic mass is 9.84. The molecule has 216 valence electrons. The highest BCUT2D eigenvalue weighted by Crippen LogP contribution is 2.43. The van der Waals surface area contributed by atoms with Crippen molar-refractivity contribution >= 4 is 17.8 Å². The molecule has 0 aromatic heterocycles. The Bertz CT molecular complexity index is 1040. The van der Waals surface area contributed by atoms with Gasteiger partial charge >= 0.3 is 5.97 Å². The van der Waals surface area contributed by atoms with Crippen molar-refractivity contribution in [3.63, 3.8) is 0 Å². The number of hydrogen-bond acceptors (Lipinski definition) is 7. The molecular formula is C29H43N3O7. The van der Waals surface area contributed by atoms with Gasteiger partial charge < -0.3 is 19.5 Å². The molecule has 10 heteroatoms. The maximum absolute atomic E-state index is 13.4. The first kappa shape index (κ1) is 29.1. The van der Waals surface area contributed by atoms with Crippen LogP contribution in [-0.4, -0.2) is 89.9 Å². The molecular weight excluding hydrogens is 502 g/mol. The fraction of sp³-hybridized carbons (Fsp3) is 0.690. The van der Waals surface area contributed by atoms with Crippen LogP contribution in [0.2, 0.25) is 0 Å². The Hall–Kier alpha value is -2.85. The summed E-state index contributed by atoms with van der Waals surface area (Å²) >= 11 is 0. The van der Waals surface area contributed by atoms with Crippen molar-refractivity contribution in [3.8, 4) is 11.5 Å². The molecule has 2 amide bonds. The number of amides is 2. The highest BCUT2D eigenvalue weighted by atomic mass is 16.7. The second-order valence-electron chi connectivity index (χ2n) is 11.5. The van der Waals surface area contributed by atoms with Crippen LogP contribution in [0.15, 0.2) is 18.2 Å². The predicted octanol–water partition coefficient (Wildman–Crippen LogP) is 3.50. The highest BCUT2D eigenvalue weighted by Gasteiger charge is 2.48. The number of carboxylic acid groups (broad SMARTS) is 1. The van der Waals surface area contributed by atoms with Gasteiger partial charge in [0.1, 0.15) is 0 Å². The van der Waals surface area contributed by atoms with Gasteiger partial charge in [-0.25, -0.2) is 5.06 Å². The molecule has 1 N–H and O–H groups in total. The zero-order chi connectivity index (χ0) is 28.2. The molecule has 1 aromatic rings. The first-order valence-electron chi connectivity index (χ1n) is 14.2. The number of ether oxygens (including phenoxy) is 2. The van der Waals surface area contributed by atoms with Crippen LogP contribution in [-0.2, 0) is 19.2 Å². The molecule has 4 rings (SSSR count). The van der Waals surface area contributed by atoms with Gasteiger partial charge in [-0.2, -0.15) is 0 Å². The number of carboxylic acids is 1. The largest absolute Gasteiger partial charge is 0.481 e. The smallest absolute Gasteiger partial charge is 0.308 e. The van der Waals surface area contributed by atoms with E-state index in [1.165, 1.54) is 5.06 Å². The van der Waals surface area contributed by atoms with E-state index < -0.39 is 23.3 Å². The number of hydrogen-bond donors (Lipinski definition) is 1. The zero-order valence-corrected chi connectivity index (χ0v) is 23.7. The van der Waals surface area contributed by atoms with Crippen LogP contribution >= 0.6 is 0 Å². The van der Waals surface area contributed by atoms with E-state index in [2.05, 4.69) is 6.92 Å². The lowest BCUT2D eigenvalue weighted by Gasteiger charge is -2.30. The van der Waals surface area contributed by atoms with E-state index in [1.54, 1.807) is 0 Å². The van der Waals surface area contributed by atoms with E-state index in [-0.39, 0.29) is 31.1 Å². The number of benzene rings is 1. The van der Waals surface area contributed by atoms with Gasteiger partial charge in [-0.15, -0.1) is 0 Å². The summed E-state index contributed by atoms with van der Waals surface area (Å²) < 4.78 is 11.0. The van der Waals surface area contributed by atoms with Gasteiger partial charge in [0, 0.05) is 43.6 Å². The third kappa shape index (κ3) is 6.49. The van der Waals surface area contributed by atoms with Crippen LogP contribution < -0.4 is 9.47 Å². The molecule has 3 aliphatic rings. The van der Waals surface area contributed by atoms with Gasteiger partial charge in [-0.3, -0.25) is 24.1 Å². The topological polar surface area (TPSA) is 109 Å². The molecule has 2 fully saturated rings. The third-order valence-electron chi connectivity index (χ3n) is 8.21. The number of carbonyl (C=O) groups excluding carboxylic acids is 2. The average Bonchev–Trinajstić information content (AvgIpc) is 3.58. The molecule has 2 saturated heterocycles. The van der Waals surface area contributed by atoms with E-state index >= 15 is 0 Å². The summed E-state index contributed by atoms with van der Waals surface area (Å²) in [6.45, 7) is 10.6. The van der Waals surface area contributed by atoms with E-state index in [1.807, 2.05) is 48.8 Å². The van der Waals surface area contributed by atoms with Crippen molar-refractivity contribution in [2.24, 2.45) is 11.3 Å². The number of hydroxylamine groups is 2. The van der Waals surface area contributed by atoms with Crippen LogP contribution in [0.3, 0.4) is 0 Å². The lowest BCUT2D eigenvalue weighted by Crippen LogP contribution is -2.45. The minimum atomic E-state index is -0.907.